The third-order valence-electron chi connectivity index (χ3n) is 0.923. The standard InChI is InChI=1S/C5H5BrO2/c1-3-2-4(6)8-5(3)7/h2,4H,1H3. The van der Waals surface area contributed by atoms with Crippen molar-refractivity contribution in [3.63, 3.8) is 0 Å². The van der Waals surface area contributed by atoms with Crippen LogP contribution in [-0.2, 0) is 9.53 Å². The number of esters is 1. The molecule has 0 bridgehead atoms. The van der Waals surface area contributed by atoms with Crippen LogP contribution in [-0.4, -0.2) is 11.0 Å². The fourth-order valence-electron chi connectivity index (χ4n) is 0.494. The molecule has 1 rings (SSSR count). The van der Waals surface area contributed by atoms with Crippen molar-refractivity contribution in [1.29, 1.82) is 0 Å². The average molecular weight is 177 g/mol. The lowest BCUT2D eigenvalue weighted by atomic mass is 10.3. The van der Waals surface area contributed by atoms with Crippen LogP contribution in [0.15, 0.2) is 11.6 Å². The van der Waals surface area contributed by atoms with Gasteiger partial charge < -0.3 is 4.74 Å². The van der Waals surface area contributed by atoms with Crippen LogP contribution in [0.25, 0.3) is 0 Å². The predicted octanol–water partition coefficient (Wildman–Crippen LogP) is 1.21. The van der Waals surface area contributed by atoms with Gasteiger partial charge in [0.25, 0.3) is 0 Å². The summed E-state index contributed by atoms with van der Waals surface area (Å²) in [6.45, 7) is 1.73. The second kappa shape index (κ2) is 1.90. The van der Waals surface area contributed by atoms with E-state index >= 15 is 0 Å². The minimum absolute atomic E-state index is 0.199. The van der Waals surface area contributed by atoms with Crippen LogP contribution in [0.3, 0.4) is 0 Å². The van der Waals surface area contributed by atoms with E-state index in [4.69, 9.17) is 0 Å². The highest BCUT2D eigenvalue weighted by Gasteiger charge is 2.18. The molecule has 0 saturated carbocycles. The average Bonchev–Trinajstić information content (AvgIpc) is 1.85. The molecule has 0 aromatic carbocycles. The van der Waals surface area contributed by atoms with Crippen molar-refractivity contribution in [3.8, 4) is 0 Å². The van der Waals surface area contributed by atoms with Crippen LogP contribution in [0.5, 0.6) is 0 Å². The van der Waals surface area contributed by atoms with Gasteiger partial charge in [-0.05, 0) is 28.9 Å². The zero-order valence-corrected chi connectivity index (χ0v) is 5.94. The van der Waals surface area contributed by atoms with E-state index in [9.17, 15) is 4.79 Å². The Labute approximate surface area is 55.6 Å². The molecule has 1 atom stereocenters. The number of halogens is 1. The monoisotopic (exact) mass is 176 g/mol. The number of ether oxygens (including phenoxy) is 1. The van der Waals surface area contributed by atoms with Crippen molar-refractivity contribution in [3.05, 3.63) is 11.6 Å². The summed E-state index contributed by atoms with van der Waals surface area (Å²) in [5.74, 6) is -0.230. The van der Waals surface area contributed by atoms with E-state index in [-0.39, 0.29) is 11.0 Å². The van der Waals surface area contributed by atoms with Gasteiger partial charge in [0.2, 0.25) is 0 Å². The van der Waals surface area contributed by atoms with Crippen molar-refractivity contribution < 1.29 is 9.53 Å². The van der Waals surface area contributed by atoms with Gasteiger partial charge in [0.05, 0.1) is 0 Å². The summed E-state index contributed by atoms with van der Waals surface area (Å²) < 4.78 is 4.66. The first-order chi connectivity index (χ1) is 3.70. The molecule has 0 fully saturated rings. The molecule has 0 radical (unpaired) electrons. The van der Waals surface area contributed by atoms with Crippen LogP contribution in [0, 0.1) is 0 Å². The molecule has 1 heterocycles. The van der Waals surface area contributed by atoms with Crippen molar-refractivity contribution in [2.75, 3.05) is 0 Å². The molecule has 1 unspecified atom stereocenters. The smallest absolute Gasteiger partial charge is 0.335 e. The molecule has 3 heteroatoms. The molecular formula is C5H5BrO2. The van der Waals surface area contributed by atoms with E-state index in [0.717, 1.165) is 0 Å². The molecule has 1 aliphatic heterocycles. The summed E-state index contributed by atoms with van der Waals surface area (Å²) in [5.41, 5.74) is 0.673. The second-order valence-corrected chi connectivity index (χ2v) is 2.51. The normalized spacial score (nSPS) is 27.5. The predicted molar refractivity (Wildman–Crippen MR) is 32.6 cm³/mol. The minimum Gasteiger partial charge on any atom is -0.443 e. The highest BCUT2D eigenvalue weighted by atomic mass is 79.9. The molecular weight excluding hydrogens is 172 g/mol. The number of cyclic esters (lactones) is 1. The van der Waals surface area contributed by atoms with Crippen LogP contribution in [0.4, 0.5) is 0 Å². The van der Waals surface area contributed by atoms with E-state index in [1.54, 1.807) is 13.0 Å². The van der Waals surface area contributed by atoms with Gasteiger partial charge >= 0.3 is 5.97 Å². The molecule has 0 spiro atoms. The number of hydrogen-bond acceptors (Lipinski definition) is 2. The minimum atomic E-state index is -0.230. The topological polar surface area (TPSA) is 26.3 Å². The van der Waals surface area contributed by atoms with Gasteiger partial charge in [-0.2, -0.15) is 0 Å². The maximum absolute atomic E-state index is 10.5. The first-order valence-corrected chi connectivity index (χ1v) is 3.15. The van der Waals surface area contributed by atoms with Gasteiger partial charge in [-0.1, -0.05) is 0 Å². The maximum Gasteiger partial charge on any atom is 0.335 e. The highest BCUT2D eigenvalue weighted by Crippen LogP contribution is 2.16. The van der Waals surface area contributed by atoms with Gasteiger partial charge in [0.1, 0.15) is 0 Å². The number of rotatable bonds is 0. The number of hydrogen-bond donors (Lipinski definition) is 0. The van der Waals surface area contributed by atoms with Gasteiger partial charge in [-0.15, -0.1) is 0 Å². The molecule has 0 aromatic rings. The Morgan fingerprint density at radius 1 is 1.88 bits per heavy atom. The lowest BCUT2D eigenvalue weighted by Gasteiger charge is -1.94. The molecule has 1 aliphatic rings. The molecule has 0 N–H and O–H groups in total. The summed E-state index contributed by atoms with van der Waals surface area (Å²) in [4.78, 5) is 10.5. The fraction of sp³-hybridized carbons (Fsp3) is 0.400. The maximum atomic E-state index is 10.5. The third kappa shape index (κ3) is 0.916. The Kier molecular flexibility index (Phi) is 1.38. The Balaban J connectivity index is 2.73. The van der Waals surface area contributed by atoms with E-state index < -0.39 is 0 Å². The molecule has 8 heavy (non-hydrogen) atoms. The van der Waals surface area contributed by atoms with Gasteiger partial charge in [-0.25, -0.2) is 4.79 Å². The van der Waals surface area contributed by atoms with Gasteiger partial charge in [-0.3, -0.25) is 0 Å². The molecule has 0 aliphatic carbocycles. The first kappa shape index (κ1) is 5.82. The van der Waals surface area contributed by atoms with Crippen molar-refractivity contribution in [1.82, 2.24) is 0 Å². The summed E-state index contributed by atoms with van der Waals surface area (Å²) in [6.07, 6.45) is 1.72. The Hall–Kier alpha value is -0.310. The Morgan fingerprint density at radius 2 is 2.50 bits per heavy atom. The zero-order valence-electron chi connectivity index (χ0n) is 4.35. The summed E-state index contributed by atoms with van der Waals surface area (Å²) in [6, 6.07) is 0. The largest absolute Gasteiger partial charge is 0.443 e. The molecule has 0 aromatic heterocycles. The van der Waals surface area contributed by atoms with Gasteiger partial charge in [0, 0.05) is 5.57 Å². The van der Waals surface area contributed by atoms with Crippen LogP contribution in [0.2, 0.25) is 0 Å². The van der Waals surface area contributed by atoms with E-state index in [0.29, 0.717) is 5.57 Å². The quantitative estimate of drug-likeness (QED) is 0.410. The number of carbonyl (C=O) groups is 1. The van der Waals surface area contributed by atoms with E-state index in [1.807, 2.05) is 0 Å². The Morgan fingerprint density at radius 3 is 2.62 bits per heavy atom. The van der Waals surface area contributed by atoms with Crippen molar-refractivity contribution in [2.24, 2.45) is 0 Å². The zero-order chi connectivity index (χ0) is 6.15. The van der Waals surface area contributed by atoms with Crippen molar-refractivity contribution >= 4 is 21.9 Å². The third-order valence-corrected chi connectivity index (χ3v) is 1.37. The summed E-state index contributed by atoms with van der Waals surface area (Å²) >= 11 is 3.10. The highest BCUT2D eigenvalue weighted by molar-refractivity contribution is 9.09. The second-order valence-electron chi connectivity index (χ2n) is 1.61. The summed E-state index contributed by atoms with van der Waals surface area (Å²) in [7, 11) is 0. The lowest BCUT2D eigenvalue weighted by molar-refractivity contribution is -0.136. The molecule has 44 valence electrons. The lowest BCUT2D eigenvalue weighted by Crippen LogP contribution is -1.99. The van der Waals surface area contributed by atoms with Crippen LogP contribution in [0.1, 0.15) is 6.92 Å². The van der Waals surface area contributed by atoms with Crippen molar-refractivity contribution in [2.45, 2.75) is 11.9 Å². The van der Waals surface area contributed by atoms with E-state index in [2.05, 4.69) is 20.7 Å². The molecule has 2 nitrogen and oxygen atoms in total. The van der Waals surface area contributed by atoms with Crippen LogP contribution < -0.4 is 0 Å². The number of carbonyl (C=O) groups excluding carboxylic acids is 1. The SMILES string of the molecule is CC1=CC(Br)OC1=O. The Bertz CT molecular complexity index is 151. The number of alkyl halides is 1. The van der Waals surface area contributed by atoms with E-state index in [1.165, 1.54) is 0 Å². The van der Waals surface area contributed by atoms with Gasteiger partial charge in [0.15, 0.2) is 5.01 Å². The molecule has 0 amide bonds. The summed E-state index contributed by atoms with van der Waals surface area (Å²) in [5, 5.41) is -0.199. The fourth-order valence-corrected chi connectivity index (χ4v) is 1.06. The first-order valence-electron chi connectivity index (χ1n) is 2.23. The molecule has 0 saturated heterocycles. The van der Waals surface area contributed by atoms with Crippen LogP contribution >= 0.6 is 15.9 Å².